The van der Waals surface area contributed by atoms with E-state index in [1.54, 1.807) is 11.3 Å². The van der Waals surface area contributed by atoms with Gasteiger partial charge in [0.2, 0.25) is 0 Å². The van der Waals surface area contributed by atoms with E-state index < -0.39 is 0 Å². The van der Waals surface area contributed by atoms with Gasteiger partial charge in [0.1, 0.15) is 0 Å². The van der Waals surface area contributed by atoms with E-state index in [0.717, 1.165) is 19.3 Å². The van der Waals surface area contributed by atoms with Crippen molar-refractivity contribution in [3.8, 4) is 0 Å². The second kappa shape index (κ2) is 6.32. The second-order valence-electron chi connectivity index (χ2n) is 4.71. The van der Waals surface area contributed by atoms with Crippen LogP contribution >= 0.6 is 27.3 Å². The predicted molar refractivity (Wildman–Crippen MR) is 80.7 cm³/mol. The molecule has 2 N–H and O–H groups in total. The van der Waals surface area contributed by atoms with Crippen molar-refractivity contribution in [1.82, 2.24) is 4.90 Å². The molecular formula is C13H23BrN2S. The number of rotatable bonds is 6. The first-order valence-corrected chi connectivity index (χ1v) is 7.80. The van der Waals surface area contributed by atoms with Gasteiger partial charge in [0.05, 0.1) is 0 Å². The summed E-state index contributed by atoms with van der Waals surface area (Å²) in [6.07, 6.45) is 3.11. The second-order valence-corrected chi connectivity index (χ2v) is 6.56. The monoisotopic (exact) mass is 318 g/mol. The van der Waals surface area contributed by atoms with Gasteiger partial charge < -0.3 is 10.6 Å². The molecule has 2 nitrogen and oxygen atoms in total. The zero-order valence-corrected chi connectivity index (χ0v) is 13.6. The van der Waals surface area contributed by atoms with Gasteiger partial charge in [0.25, 0.3) is 0 Å². The Bertz CT molecular complexity index is 345. The highest BCUT2D eigenvalue weighted by Gasteiger charge is 2.35. The summed E-state index contributed by atoms with van der Waals surface area (Å²) in [6.45, 7) is 4.46. The number of nitrogens with zero attached hydrogens (tertiary/aromatic N) is 1. The quantitative estimate of drug-likeness (QED) is 0.869. The maximum Gasteiger partial charge on any atom is 0.0352 e. The normalized spacial score (nSPS) is 14.3. The number of hydrogen-bond acceptors (Lipinski definition) is 3. The third kappa shape index (κ3) is 3.11. The van der Waals surface area contributed by atoms with Crippen LogP contribution in [0.5, 0.6) is 0 Å². The Labute approximate surface area is 117 Å². The summed E-state index contributed by atoms with van der Waals surface area (Å²) in [5.41, 5.74) is 6.58. The van der Waals surface area contributed by atoms with Crippen molar-refractivity contribution in [3.05, 3.63) is 20.8 Å². The van der Waals surface area contributed by atoms with E-state index in [-0.39, 0.29) is 11.6 Å². The molecule has 4 heteroatoms. The molecule has 0 bridgehead atoms. The first-order chi connectivity index (χ1) is 7.97. The molecule has 0 aromatic carbocycles. The van der Waals surface area contributed by atoms with Gasteiger partial charge in [-0.2, -0.15) is 0 Å². The zero-order chi connectivity index (χ0) is 13.1. The lowest BCUT2D eigenvalue weighted by atomic mass is 9.82. The van der Waals surface area contributed by atoms with Gasteiger partial charge in [-0.15, -0.1) is 11.3 Å². The van der Waals surface area contributed by atoms with Gasteiger partial charge in [-0.1, -0.05) is 13.8 Å². The van der Waals surface area contributed by atoms with E-state index in [1.807, 2.05) is 0 Å². The third-order valence-corrected chi connectivity index (χ3v) is 5.85. The van der Waals surface area contributed by atoms with E-state index in [2.05, 4.69) is 60.2 Å². The molecule has 17 heavy (non-hydrogen) atoms. The van der Waals surface area contributed by atoms with Crippen molar-refractivity contribution >= 4 is 27.3 Å². The SMILES string of the molecule is CCC(CC)(C(N)Cc1sccc1Br)N(C)C. The first-order valence-electron chi connectivity index (χ1n) is 6.12. The lowest BCUT2D eigenvalue weighted by Gasteiger charge is -2.43. The predicted octanol–water partition coefficient (Wildman–Crippen LogP) is 3.50. The molecule has 1 rings (SSSR count). The van der Waals surface area contributed by atoms with E-state index in [1.165, 1.54) is 9.35 Å². The minimum atomic E-state index is 0.101. The minimum Gasteiger partial charge on any atom is -0.326 e. The van der Waals surface area contributed by atoms with Crippen LogP contribution in [0, 0.1) is 0 Å². The lowest BCUT2D eigenvalue weighted by molar-refractivity contribution is 0.106. The van der Waals surface area contributed by atoms with Crippen LogP contribution in [0.1, 0.15) is 31.6 Å². The Morgan fingerprint density at radius 1 is 1.41 bits per heavy atom. The van der Waals surface area contributed by atoms with Crippen molar-refractivity contribution in [3.63, 3.8) is 0 Å². The highest BCUT2D eigenvalue weighted by molar-refractivity contribution is 9.10. The Kier molecular flexibility index (Phi) is 5.64. The summed E-state index contributed by atoms with van der Waals surface area (Å²) >= 11 is 5.36. The van der Waals surface area contributed by atoms with Gasteiger partial charge >= 0.3 is 0 Å². The minimum absolute atomic E-state index is 0.101. The molecule has 1 aromatic rings. The highest BCUT2D eigenvalue weighted by atomic mass is 79.9. The molecule has 1 atom stereocenters. The summed E-state index contributed by atoms with van der Waals surface area (Å²) < 4.78 is 1.19. The third-order valence-electron chi connectivity index (χ3n) is 3.90. The van der Waals surface area contributed by atoms with Crippen molar-refractivity contribution < 1.29 is 0 Å². The Morgan fingerprint density at radius 2 is 2.00 bits per heavy atom. The highest BCUT2D eigenvalue weighted by Crippen LogP contribution is 2.30. The van der Waals surface area contributed by atoms with Crippen LogP contribution < -0.4 is 5.73 Å². The molecule has 98 valence electrons. The number of hydrogen-bond donors (Lipinski definition) is 1. The van der Waals surface area contributed by atoms with Crippen LogP contribution in [0.2, 0.25) is 0 Å². The molecule has 1 aromatic heterocycles. The standard InChI is InChI=1S/C13H23BrN2S/c1-5-13(6-2,16(3)4)12(15)9-11-10(14)7-8-17-11/h7-8,12H,5-6,9,15H2,1-4H3. The van der Waals surface area contributed by atoms with Crippen molar-refractivity contribution in [2.75, 3.05) is 14.1 Å². The molecule has 1 heterocycles. The van der Waals surface area contributed by atoms with Crippen molar-refractivity contribution in [2.45, 2.75) is 44.7 Å². The molecule has 1 unspecified atom stereocenters. The first kappa shape index (κ1) is 15.2. The molecule has 0 saturated carbocycles. The van der Waals surface area contributed by atoms with E-state index in [4.69, 9.17) is 5.73 Å². The molecule has 0 saturated heterocycles. The fraction of sp³-hybridized carbons (Fsp3) is 0.692. The molecular weight excluding hydrogens is 296 g/mol. The van der Waals surface area contributed by atoms with E-state index in [9.17, 15) is 0 Å². The Balaban J connectivity index is 2.86. The molecule has 0 aliphatic heterocycles. The van der Waals surface area contributed by atoms with Crippen LogP contribution in [0.25, 0.3) is 0 Å². The average Bonchev–Trinajstić information content (AvgIpc) is 2.66. The fourth-order valence-corrected chi connectivity index (χ4v) is 4.17. The Morgan fingerprint density at radius 3 is 2.35 bits per heavy atom. The molecule has 0 spiro atoms. The molecule has 0 fully saturated rings. The van der Waals surface area contributed by atoms with Crippen molar-refractivity contribution in [1.29, 1.82) is 0 Å². The average molecular weight is 319 g/mol. The Hall–Kier alpha value is 0.1000. The topological polar surface area (TPSA) is 29.3 Å². The number of nitrogens with two attached hydrogens (primary N) is 1. The van der Waals surface area contributed by atoms with E-state index in [0.29, 0.717) is 0 Å². The molecule has 0 radical (unpaired) electrons. The smallest absolute Gasteiger partial charge is 0.0352 e. The number of thiophene rings is 1. The van der Waals surface area contributed by atoms with Crippen LogP contribution in [0.15, 0.2) is 15.9 Å². The van der Waals surface area contributed by atoms with Crippen LogP contribution in [-0.4, -0.2) is 30.6 Å². The molecule has 0 aliphatic rings. The fourth-order valence-electron chi connectivity index (χ4n) is 2.60. The summed E-state index contributed by atoms with van der Waals surface area (Å²) in [5, 5.41) is 2.11. The zero-order valence-electron chi connectivity index (χ0n) is 11.2. The van der Waals surface area contributed by atoms with Crippen LogP contribution in [0.4, 0.5) is 0 Å². The lowest BCUT2D eigenvalue weighted by Crippen LogP contribution is -2.57. The largest absolute Gasteiger partial charge is 0.326 e. The van der Waals surface area contributed by atoms with Crippen LogP contribution in [0.3, 0.4) is 0 Å². The van der Waals surface area contributed by atoms with Crippen LogP contribution in [-0.2, 0) is 6.42 Å². The number of likely N-dealkylation sites (N-methyl/N-ethyl adjacent to an activating group) is 1. The molecule has 0 amide bonds. The van der Waals surface area contributed by atoms with Gasteiger partial charge in [-0.05, 0) is 60.7 Å². The number of halogens is 1. The summed E-state index contributed by atoms with van der Waals surface area (Å²) in [4.78, 5) is 3.64. The van der Waals surface area contributed by atoms with Crippen molar-refractivity contribution in [2.24, 2.45) is 5.73 Å². The summed E-state index contributed by atoms with van der Waals surface area (Å²) in [7, 11) is 4.27. The van der Waals surface area contributed by atoms with Gasteiger partial charge in [0, 0.05) is 20.9 Å². The summed E-state index contributed by atoms with van der Waals surface area (Å²) in [5.74, 6) is 0. The van der Waals surface area contributed by atoms with Gasteiger partial charge in [0.15, 0.2) is 0 Å². The summed E-state index contributed by atoms with van der Waals surface area (Å²) in [6, 6.07) is 2.27. The maximum atomic E-state index is 6.48. The maximum absolute atomic E-state index is 6.48. The van der Waals surface area contributed by atoms with Gasteiger partial charge in [-0.25, -0.2) is 0 Å². The molecule has 0 aliphatic carbocycles. The van der Waals surface area contributed by atoms with Gasteiger partial charge in [-0.3, -0.25) is 0 Å². The van der Waals surface area contributed by atoms with E-state index >= 15 is 0 Å².